The molecule has 2 rings (SSSR count). The van der Waals surface area contributed by atoms with Crippen molar-refractivity contribution in [3.05, 3.63) is 47.2 Å². The molecule has 0 amide bonds. The third-order valence-electron chi connectivity index (χ3n) is 1.16. The van der Waals surface area contributed by atoms with Gasteiger partial charge in [-0.15, -0.1) is 0 Å². The van der Waals surface area contributed by atoms with E-state index >= 15 is 0 Å². The van der Waals surface area contributed by atoms with Gasteiger partial charge in [0, 0.05) is 11.9 Å². The summed E-state index contributed by atoms with van der Waals surface area (Å²) in [5, 5.41) is 4.08. The summed E-state index contributed by atoms with van der Waals surface area (Å²) in [5.41, 5.74) is 1.01. The van der Waals surface area contributed by atoms with Crippen LogP contribution in [0.4, 0.5) is 0 Å². The van der Waals surface area contributed by atoms with Crippen molar-refractivity contribution >= 4 is 11.3 Å². The minimum absolute atomic E-state index is 1.01. The van der Waals surface area contributed by atoms with Gasteiger partial charge in [0.1, 0.15) is 6.33 Å². The highest BCUT2D eigenvalue weighted by Crippen LogP contribution is 1.91. The molecule has 0 saturated carbocycles. The molecular formula is C9H10N2S. The standard InChI is InChI=1S/C5H6N2.C4H4S/c1-5-2-3-6-4-7-5;1-2-4-5-3-1/h2-4H,1H3;1-4H. The fourth-order valence-electron chi connectivity index (χ4n) is 0.584. The Morgan fingerprint density at radius 2 is 2.00 bits per heavy atom. The lowest BCUT2D eigenvalue weighted by molar-refractivity contribution is 1.10. The van der Waals surface area contributed by atoms with Crippen molar-refractivity contribution in [2.24, 2.45) is 0 Å². The molecule has 0 spiro atoms. The summed E-state index contributed by atoms with van der Waals surface area (Å²) in [5.74, 6) is 0. The van der Waals surface area contributed by atoms with E-state index in [4.69, 9.17) is 0 Å². The number of rotatable bonds is 0. The minimum atomic E-state index is 1.01. The molecule has 12 heavy (non-hydrogen) atoms. The van der Waals surface area contributed by atoms with Crippen LogP contribution in [0.15, 0.2) is 41.5 Å². The van der Waals surface area contributed by atoms with E-state index in [9.17, 15) is 0 Å². The molecule has 0 fully saturated rings. The van der Waals surface area contributed by atoms with Crippen molar-refractivity contribution in [2.75, 3.05) is 0 Å². The van der Waals surface area contributed by atoms with Crippen LogP contribution >= 0.6 is 11.3 Å². The Morgan fingerprint density at radius 3 is 2.25 bits per heavy atom. The van der Waals surface area contributed by atoms with Crippen molar-refractivity contribution in [1.82, 2.24) is 9.97 Å². The molecule has 0 radical (unpaired) electrons. The molecule has 0 aromatic carbocycles. The fourth-order valence-corrected chi connectivity index (χ4v) is 1.04. The van der Waals surface area contributed by atoms with Gasteiger partial charge in [0.05, 0.1) is 0 Å². The largest absolute Gasteiger partial charge is 0.245 e. The molecule has 2 aromatic rings. The zero-order valence-electron chi connectivity index (χ0n) is 6.84. The monoisotopic (exact) mass is 178 g/mol. The van der Waals surface area contributed by atoms with Gasteiger partial charge in [-0.2, -0.15) is 11.3 Å². The molecule has 0 atom stereocenters. The number of hydrogen-bond acceptors (Lipinski definition) is 3. The van der Waals surface area contributed by atoms with Gasteiger partial charge in [0.15, 0.2) is 0 Å². The lowest BCUT2D eigenvalue weighted by Gasteiger charge is -1.81. The quantitative estimate of drug-likeness (QED) is 0.619. The molecule has 0 aliphatic carbocycles. The molecule has 62 valence electrons. The average molecular weight is 178 g/mol. The van der Waals surface area contributed by atoms with Crippen molar-refractivity contribution in [2.45, 2.75) is 6.92 Å². The van der Waals surface area contributed by atoms with Gasteiger partial charge in [-0.25, -0.2) is 9.97 Å². The highest BCUT2D eigenvalue weighted by atomic mass is 32.1. The average Bonchev–Trinajstić information content (AvgIpc) is 2.62. The molecular weight excluding hydrogens is 168 g/mol. The number of aryl methyl sites for hydroxylation is 1. The maximum atomic E-state index is 3.87. The van der Waals surface area contributed by atoms with E-state index < -0.39 is 0 Å². The summed E-state index contributed by atoms with van der Waals surface area (Å²) in [7, 11) is 0. The number of aromatic nitrogens is 2. The number of hydrogen-bond donors (Lipinski definition) is 0. The van der Waals surface area contributed by atoms with E-state index in [2.05, 4.69) is 9.97 Å². The van der Waals surface area contributed by atoms with E-state index in [0.29, 0.717) is 0 Å². The van der Waals surface area contributed by atoms with E-state index in [1.165, 1.54) is 6.33 Å². The Morgan fingerprint density at radius 1 is 1.25 bits per heavy atom. The Balaban J connectivity index is 0.000000127. The second-order valence-electron chi connectivity index (χ2n) is 2.14. The van der Waals surface area contributed by atoms with Crippen molar-refractivity contribution in [3.8, 4) is 0 Å². The topological polar surface area (TPSA) is 25.8 Å². The van der Waals surface area contributed by atoms with E-state index in [0.717, 1.165) is 5.69 Å². The molecule has 3 heteroatoms. The van der Waals surface area contributed by atoms with Gasteiger partial charge in [-0.1, -0.05) is 12.1 Å². The molecule has 2 heterocycles. The van der Waals surface area contributed by atoms with Crippen LogP contribution in [-0.2, 0) is 0 Å². The van der Waals surface area contributed by atoms with Gasteiger partial charge in [0.2, 0.25) is 0 Å². The highest BCUT2D eigenvalue weighted by Gasteiger charge is 1.74. The number of thiophene rings is 1. The third-order valence-corrected chi connectivity index (χ3v) is 1.78. The van der Waals surface area contributed by atoms with Crippen LogP contribution in [0.3, 0.4) is 0 Å². The van der Waals surface area contributed by atoms with Crippen molar-refractivity contribution < 1.29 is 0 Å². The Kier molecular flexibility index (Phi) is 4.02. The lowest BCUT2D eigenvalue weighted by Crippen LogP contribution is -1.77. The van der Waals surface area contributed by atoms with Gasteiger partial charge in [-0.3, -0.25) is 0 Å². The van der Waals surface area contributed by atoms with Gasteiger partial charge in [-0.05, 0) is 23.8 Å². The van der Waals surface area contributed by atoms with Crippen LogP contribution in [0.25, 0.3) is 0 Å². The molecule has 0 aliphatic heterocycles. The normalized spacial score (nSPS) is 8.42. The predicted octanol–water partition coefficient (Wildman–Crippen LogP) is 2.53. The Bertz CT molecular complexity index is 261. The summed E-state index contributed by atoms with van der Waals surface area (Å²) in [6.07, 6.45) is 3.26. The molecule has 0 unspecified atom stereocenters. The number of nitrogens with zero attached hydrogens (tertiary/aromatic N) is 2. The molecule has 0 N–H and O–H groups in total. The smallest absolute Gasteiger partial charge is 0.115 e. The van der Waals surface area contributed by atoms with Crippen molar-refractivity contribution in [1.29, 1.82) is 0 Å². The second kappa shape index (κ2) is 5.43. The SMILES string of the molecule is Cc1ccncn1.c1ccsc1. The minimum Gasteiger partial charge on any atom is -0.245 e. The van der Waals surface area contributed by atoms with Crippen LogP contribution in [0.1, 0.15) is 5.69 Å². The highest BCUT2D eigenvalue weighted by molar-refractivity contribution is 7.07. The summed E-state index contributed by atoms with van der Waals surface area (Å²) in [6, 6.07) is 5.90. The van der Waals surface area contributed by atoms with Gasteiger partial charge < -0.3 is 0 Å². The Labute approximate surface area is 75.9 Å². The van der Waals surface area contributed by atoms with Gasteiger partial charge in [0.25, 0.3) is 0 Å². The van der Waals surface area contributed by atoms with Crippen LogP contribution < -0.4 is 0 Å². The second-order valence-corrected chi connectivity index (χ2v) is 2.96. The zero-order chi connectivity index (χ0) is 8.65. The molecule has 2 nitrogen and oxygen atoms in total. The predicted molar refractivity (Wildman–Crippen MR) is 51.1 cm³/mol. The Hall–Kier alpha value is -1.22. The zero-order valence-corrected chi connectivity index (χ0v) is 7.66. The third kappa shape index (κ3) is 3.83. The maximum absolute atomic E-state index is 3.87. The van der Waals surface area contributed by atoms with Crippen molar-refractivity contribution in [3.63, 3.8) is 0 Å². The van der Waals surface area contributed by atoms with Crippen LogP contribution in [0.5, 0.6) is 0 Å². The summed E-state index contributed by atoms with van der Waals surface area (Å²) in [4.78, 5) is 7.60. The van der Waals surface area contributed by atoms with E-state index in [-0.39, 0.29) is 0 Å². The first-order valence-corrected chi connectivity index (χ1v) is 4.53. The van der Waals surface area contributed by atoms with E-state index in [1.54, 1.807) is 17.5 Å². The molecule has 2 aromatic heterocycles. The molecule has 0 aliphatic rings. The first kappa shape index (κ1) is 8.87. The van der Waals surface area contributed by atoms with Crippen LogP contribution in [0, 0.1) is 6.92 Å². The summed E-state index contributed by atoms with van der Waals surface area (Å²) < 4.78 is 0. The maximum Gasteiger partial charge on any atom is 0.115 e. The van der Waals surface area contributed by atoms with Crippen LogP contribution in [-0.4, -0.2) is 9.97 Å². The summed E-state index contributed by atoms with van der Waals surface area (Å²) in [6.45, 7) is 1.93. The van der Waals surface area contributed by atoms with Gasteiger partial charge >= 0.3 is 0 Å². The fraction of sp³-hybridized carbons (Fsp3) is 0.111. The molecule has 0 bridgehead atoms. The van der Waals surface area contributed by atoms with Crippen LogP contribution in [0.2, 0.25) is 0 Å². The summed E-state index contributed by atoms with van der Waals surface area (Å²) >= 11 is 1.71. The first-order valence-electron chi connectivity index (χ1n) is 3.59. The van der Waals surface area contributed by atoms with E-state index in [1.807, 2.05) is 35.9 Å². The first-order chi connectivity index (χ1) is 5.89. The molecule has 0 saturated heterocycles. The lowest BCUT2D eigenvalue weighted by atomic mass is 10.5.